The van der Waals surface area contributed by atoms with Crippen LogP contribution in [0.1, 0.15) is 156 Å². The molecular weight excluding hydrogens is 584 g/mol. The van der Waals surface area contributed by atoms with Gasteiger partial charge in [-0.3, -0.25) is 14.4 Å². The van der Waals surface area contributed by atoms with E-state index < -0.39 is 11.9 Å². The molecule has 0 aliphatic carbocycles. The molecule has 0 saturated carbocycles. The molecule has 0 radical (unpaired) electrons. The molecule has 0 saturated heterocycles. The van der Waals surface area contributed by atoms with Crippen LogP contribution in [0.5, 0.6) is 0 Å². The standard InChI is InChI=1S/C37H70N2O5S/c1-6-9-12-15-18-21-25-30-43-35(40)32-39(37(42)45-31-26-24-29-38(4)5)33-36(41)44-34(27-22-19-16-13-10-7-2)28-23-20-17-14-11-8-3/h21,25,34H,6-20,22-24,26-33H2,1-5H3. The molecule has 0 atom stereocenters. The number of esters is 2. The van der Waals surface area contributed by atoms with E-state index in [-0.39, 0.29) is 31.0 Å². The molecule has 0 bridgehead atoms. The monoisotopic (exact) mass is 655 g/mol. The fourth-order valence-corrected chi connectivity index (χ4v) is 5.96. The fraction of sp³-hybridized carbons (Fsp3) is 0.865. The van der Waals surface area contributed by atoms with Crippen molar-refractivity contribution in [1.82, 2.24) is 9.80 Å². The summed E-state index contributed by atoms with van der Waals surface area (Å²) in [6.07, 6.45) is 27.4. The minimum absolute atomic E-state index is 0.139. The van der Waals surface area contributed by atoms with Crippen molar-refractivity contribution in [3.05, 3.63) is 12.2 Å². The molecule has 0 rings (SSSR count). The first-order chi connectivity index (χ1) is 21.8. The number of ether oxygens (including phenoxy) is 2. The maximum Gasteiger partial charge on any atom is 0.326 e. The van der Waals surface area contributed by atoms with Crippen molar-refractivity contribution < 1.29 is 23.9 Å². The molecule has 0 heterocycles. The van der Waals surface area contributed by atoms with Gasteiger partial charge in [0, 0.05) is 5.75 Å². The van der Waals surface area contributed by atoms with Gasteiger partial charge in [0.05, 0.1) is 0 Å². The van der Waals surface area contributed by atoms with Crippen LogP contribution in [0.3, 0.4) is 0 Å². The smallest absolute Gasteiger partial charge is 0.326 e. The lowest BCUT2D eigenvalue weighted by atomic mass is 10.0. The lowest BCUT2D eigenvalue weighted by Crippen LogP contribution is -2.39. The predicted molar refractivity (Wildman–Crippen MR) is 192 cm³/mol. The van der Waals surface area contributed by atoms with Crippen LogP contribution in [0.15, 0.2) is 12.2 Å². The molecule has 0 fully saturated rings. The Morgan fingerprint density at radius 1 is 0.644 bits per heavy atom. The Labute approximate surface area is 282 Å². The molecule has 0 aromatic heterocycles. The molecule has 0 unspecified atom stereocenters. The zero-order chi connectivity index (χ0) is 33.4. The SMILES string of the molecule is CCCCCCC=CCOC(=O)CN(CC(=O)OC(CCCCCCCC)CCCCCCCC)C(=O)SCCCCN(C)C. The Morgan fingerprint density at radius 3 is 1.76 bits per heavy atom. The second-order valence-electron chi connectivity index (χ2n) is 12.7. The van der Waals surface area contributed by atoms with Crippen molar-refractivity contribution in [3.63, 3.8) is 0 Å². The average Bonchev–Trinajstić information content (AvgIpc) is 3.00. The van der Waals surface area contributed by atoms with E-state index in [0.29, 0.717) is 5.75 Å². The summed E-state index contributed by atoms with van der Waals surface area (Å²) >= 11 is 1.17. The van der Waals surface area contributed by atoms with Crippen LogP contribution in [0.25, 0.3) is 0 Å². The first kappa shape index (κ1) is 43.5. The van der Waals surface area contributed by atoms with Gasteiger partial charge in [0.1, 0.15) is 25.8 Å². The molecule has 0 spiro atoms. The Hall–Kier alpha value is -1.54. The van der Waals surface area contributed by atoms with Crippen LogP contribution < -0.4 is 0 Å². The van der Waals surface area contributed by atoms with E-state index in [9.17, 15) is 14.4 Å². The van der Waals surface area contributed by atoms with Gasteiger partial charge in [-0.2, -0.15) is 0 Å². The molecule has 7 nitrogen and oxygen atoms in total. The van der Waals surface area contributed by atoms with Crippen LogP contribution in [0.2, 0.25) is 0 Å². The minimum Gasteiger partial charge on any atom is -0.461 e. The van der Waals surface area contributed by atoms with Crippen LogP contribution in [-0.4, -0.2) is 79.2 Å². The van der Waals surface area contributed by atoms with Crippen LogP contribution in [-0.2, 0) is 19.1 Å². The summed E-state index contributed by atoms with van der Waals surface area (Å²) in [5.41, 5.74) is 0. The van der Waals surface area contributed by atoms with Crippen molar-refractivity contribution in [3.8, 4) is 0 Å². The van der Waals surface area contributed by atoms with Gasteiger partial charge in [0.25, 0.3) is 5.24 Å². The van der Waals surface area contributed by atoms with E-state index in [0.717, 1.165) is 70.8 Å². The zero-order valence-corrected chi connectivity index (χ0v) is 30.8. The lowest BCUT2D eigenvalue weighted by molar-refractivity contribution is -0.151. The molecule has 0 aromatic rings. The van der Waals surface area contributed by atoms with Gasteiger partial charge in [-0.1, -0.05) is 128 Å². The van der Waals surface area contributed by atoms with Gasteiger partial charge in [0.2, 0.25) is 0 Å². The lowest BCUT2D eigenvalue weighted by Gasteiger charge is -2.23. The van der Waals surface area contributed by atoms with Crippen LogP contribution in [0, 0.1) is 0 Å². The third-order valence-corrected chi connectivity index (χ3v) is 8.91. The Kier molecular flexibility index (Phi) is 31.3. The van der Waals surface area contributed by atoms with Gasteiger partial charge in [-0.25, -0.2) is 0 Å². The molecule has 0 aromatic carbocycles. The van der Waals surface area contributed by atoms with Crippen molar-refractivity contribution in [2.24, 2.45) is 0 Å². The topological polar surface area (TPSA) is 76.1 Å². The maximum absolute atomic E-state index is 13.2. The Balaban J connectivity index is 5.08. The summed E-state index contributed by atoms with van der Waals surface area (Å²) < 4.78 is 11.4. The number of unbranched alkanes of at least 4 members (excludes halogenated alkanes) is 15. The van der Waals surface area contributed by atoms with Gasteiger partial charge >= 0.3 is 11.9 Å². The highest BCUT2D eigenvalue weighted by Gasteiger charge is 2.24. The molecule has 0 aliphatic heterocycles. The second kappa shape index (κ2) is 32.4. The van der Waals surface area contributed by atoms with E-state index >= 15 is 0 Å². The number of allylic oxidation sites excluding steroid dienone is 1. The first-order valence-corrected chi connectivity index (χ1v) is 19.4. The Bertz CT molecular complexity index is 730. The molecule has 0 N–H and O–H groups in total. The van der Waals surface area contributed by atoms with E-state index in [1.54, 1.807) is 0 Å². The summed E-state index contributed by atoms with van der Waals surface area (Å²) in [6, 6.07) is 0. The molecule has 1 amide bonds. The van der Waals surface area contributed by atoms with E-state index in [2.05, 4.69) is 25.7 Å². The highest BCUT2D eigenvalue weighted by Crippen LogP contribution is 2.18. The number of hydrogen-bond donors (Lipinski definition) is 0. The number of carbonyl (C=O) groups is 3. The van der Waals surface area contributed by atoms with Crippen LogP contribution >= 0.6 is 11.8 Å². The number of carbonyl (C=O) groups excluding carboxylic acids is 3. The molecular formula is C37H70N2O5S. The normalized spacial score (nSPS) is 11.5. The fourth-order valence-electron chi connectivity index (χ4n) is 5.13. The number of hydrogen-bond acceptors (Lipinski definition) is 7. The highest BCUT2D eigenvalue weighted by molar-refractivity contribution is 8.13. The number of amides is 1. The highest BCUT2D eigenvalue weighted by atomic mass is 32.2. The first-order valence-electron chi connectivity index (χ1n) is 18.4. The summed E-state index contributed by atoms with van der Waals surface area (Å²) in [6.45, 7) is 7.30. The summed E-state index contributed by atoms with van der Waals surface area (Å²) in [5, 5.41) is -0.274. The summed E-state index contributed by atoms with van der Waals surface area (Å²) in [5.74, 6) is -0.291. The Morgan fingerprint density at radius 2 is 1.18 bits per heavy atom. The van der Waals surface area contributed by atoms with Crippen molar-refractivity contribution in [2.75, 3.05) is 46.1 Å². The summed E-state index contributed by atoms with van der Waals surface area (Å²) in [7, 11) is 4.07. The average molecular weight is 655 g/mol. The minimum atomic E-state index is -0.504. The molecule has 45 heavy (non-hydrogen) atoms. The zero-order valence-electron chi connectivity index (χ0n) is 30.0. The number of rotatable bonds is 31. The van der Waals surface area contributed by atoms with Gasteiger partial charge in [-0.15, -0.1) is 0 Å². The van der Waals surface area contributed by atoms with Crippen LogP contribution in [0.4, 0.5) is 4.79 Å². The van der Waals surface area contributed by atoms with E-state index in [1.807, 2.05) is 26.2 Å². The van der Waals surface area contributed by atoms with Gasteiger partial charge in [0.15, 0.2) is 0 Å². The summed E-state index contributed by atoms with van der Waals surface area (Å²) in [4.78, 5) is 42.4. The second-order valence-corrected chi connectivity index (χ2v) is 13.8. The van der Waals surface area contributed by atoms with E-state index in [1.165, 1.54) is 87.3 Å². The molecule has 0 aliphatic rings. The third-order valence-electron chi connectivity index (χ3n) is 7.91. The van der Waals surface area contributed by atoms with Crippen molar-refractivity contribution in [2.45, 2.75) is 162 Å². The van der Waals surface area contributed by atoms with Crippen molar-refractivity contribution >= 4 is 28.9 Å². The quantitative estimate of drug-likeness (QED) is 0.0418. The largest absolute Gasteiger partial charge is 0.461 e. The van der Waals surface area contributed by atoms with Gasteiger partial charge in [-0.05, 0) is 72.0 Å². The number of thioether (sulfide) groups is 1. The molecule has 8 heteroatoms. The van der Waals surface area contributed by atoms with Gasteiger partial charge < -0.3 is 19.3 Å². The third kappa shape index (κ3) is 29.6. The van der Waals surface area contributed by atoms with E-state index in [4.69, 9.17) is 9.47 Å². The van der Waals surface area contributed by atoms with Crippen molar-refractivity contribution in [1.29, 1.82) is 0 Å². The molecule has 264 valence electrons. The maximum atomic E-state index is 13.2. The predicted octanol–water partition coefficient (Wildman–Crippen LogP) is 9.97. The number of nitrogens with zero attached hydrogens (tertiary/aromatic N) is 2.